The summed E-state index contributed by atoms with van der Waals surface area (Å²) in [7, 11) is 0. The van der Waals surface area contributed by atoms with Crippen LogP contribution < -0.4 is 5.32 Å². The number of H-pyrrole nitrogens is 1. The van der Waals surface area contributed by atoms with E-state index in [0.29, 0.717) is 17.5 Å². The first-order valence-corrected chi connectivity index (χ1v) is 6.34. The molecule has 3 N–H and O–H groups in total. The highest BCUT2D eigenvalue weighted by Gasteiger charge is 2.17. The molecule has 0 radical (unpaired) electrons. The molecule has 0 aliphatic rings. The first kappa shape index (κ1) is 13.5. The molecule has 19 heavy (non-hydrogen) atoms. The Morgan fingerprint density at radius 1 is 1.37 bits per heavy atom. The van der Waals surface area contributed by atoms with E-state index in [0.717, 1.165) is 5.52 Å². The number of aromatic nitrogens is 3. The molecule has 2 aromatic rings. The molecule has 0 saturated carbocycles. The van der Waals surface area contributed by atoms with Gasteiger partial charge in [-0.2, -0.15) is 15.4 Å². The maximum absolute atomic E-state index is 12.1. The summed E-state index contributed by atoms with van der Waals surface area (Å²) in [6.45, 7) is 4.09. The number of hydrogen-bond donors (Lipinski definition) is 3. The summed E-state index contributed by atoms with van der Waals surface area (Å²) >= 11 is 0. The van der Waals surface area contributed by atoms with E-state index in [4.69, 9.17) is 5.11 Å². The second-order valence-corrected chi connectivity index (χ2v) is 4.86. The van der Waals surface area contributed by atoms with Gasteiger partial charge in [-0.15, -0.1) is 0 Å². The molecule has 102 valence electrons. The number of benzene rings is 1. The standard InChI is InChI=1S/C13H18N4O2/c1-8(2)10(5-6-18)14-13(19)9-3-4-11-12(7-9)16-17-15-11/h3-4,7-8,10,18H,5-6H2,1-2H3,(H,14,19)(H,15,16,17). The van der Waals surface area contributed by atoms with Crippen molar-refractivity contribution < 1.29 is 9.90 Å². The van der Waals surface area contributed by atoms with Crippen molar-refractivity contribution in [2.24, 2.45) is 5.92 Å². The quantitative estimate of drug-likeness (QED) is 0.752. The third-order valence-electron chi connectivity index (χ3n) is 3.14. The maximum Gasteiger partial charge on any atom is 0.251 e. The fourth-order valence-electron chi connectivity index (χ4n) is 1.94. The zero-order chi connectivity index (χ0) is 13.8. The van der Waals surface area contributed by atoms with Crippen LogP contribution in [-0.4, -0.2) is 39.1 Å². The Kier molecular flexibility index (Phi) is 4.11. The van der Waals surface area contributed by atoms with Gasteiger partial charge in [0.1, 0.15) is 11.0 Å². The highest BCUT2D eigenvalue weighted by atomic mass is 16.3. The molecule has 6 heteroatoms. The van der Waals surface area contributed by atoms with E-state index < -0.39 is 0 Å². The topological polar surface area (TPSA) is 90.9 Å². The molecule has 0 aliphatic carbocycles. The second kappa shape index (κ2) is 5.79. The number of rotatable bonds is 5. The smallest absolute Gasteiger partial charge is 0.251 e. The highest BCUT2D eigenvalue weighted by Crippen LogP contribution is 2.12. The van der Waals surface area contributed by atoms with Gasteiger partial charge in [-0.3, -0.25) is 4.79 Å². The number of nitrogens with zero attached hydrogens (tertiary/aromatic N) is 2. The van der Waals surface area contributed by atoms with Gasteiger partial charge in [0.25, 0.3) is 5.91 Å². The molecule has 1 atom stereocenters. The molecule has 6 nitrogen and oxygen atoms in total. The van der Waals surface area contributed by atoms with E-state index in [2.05, 4.69) is 20.7 Å². The van der Waals surface area contributed by atoms with E-state index in [1.165, 1.54) is 0 Å². The molecular weight excluding hydrogens is 244 g/mol. The Morgan fingerprint density at radius 3 is 2.79 bits per heavy atom. The summed E-state index contributed by atoms with van der Waals surface area (Å²) in [4.78, 5) is 12.1. The Bertz CT molecular complexity index is 565. The van der Waals surface area contributed by atoms with Crippen LogP contribution in [0.3, 0.4) is 0 Å². The molecule has 0 saturated heterocycles. The molecule has 1 aromatic heterocycles. The van der Waals surface area contributed by atoms with Crippen LogP contribution in [0.25, 0.3) is 11.0 Å². The number of carbonyl (C=O) groups excluding carboxylic acids is 1. The first-order chi connectivity index (χ1) is 9.11. The predicted octanol–water partition coefficient (Wildman–Crippen LogP) is 1.09. The fourth-order valence-corrected chi connectivity index (χ4v) is 1.94. The minimum Gasteiger partial charge on any atom is -0.396 e. The van der Waals surface area contributed by atoms with Crippen molar-refractivity contribution in [3.8, 4) is 0 Å². The zero-order valence-corrected chi connectivity index (χ0v) is 11.1. The number of aliphatic hydroxyl groups is 1. The van der Waals surface area contributed by atoms with Crippen LogP contribution in [0.1, 0.15) is 30.6 Å². The van der Waals surface area contributed by atoms with Crippen molar-refractivity contribution in [3.63, 3.8) is 0 Å². The van der Waals surface area contributed by atoms with Crippen LogP contribution in [0.4, 0.5) is 0 Å². The summed E-state index contributed by atoms with van der Waals surface area (Å²) in [5.41, 5.74) is 1.94. The number of nitrogens with one attached hydrogen (secondary N) is 2. The third kappa shape index (κ3) is 3.08. The summed E-state index contributed by atoms with van der Waals surface area (Å²) in [6, 6.07) is 5.14. The van der Waals surface area contributed by atoms with Crippen LogP contribution >= 0.6 is 0 Å². The van der Waals surface area contributed by atoms with Gasteiger partial charge in [0.15, 0.2) is 0 Å². The lowest BCUT2D eigenvalue weighted by atomic mass is 10.0. The first-order valence-electron chi connectivity index (χ1n) is 6.34. The molecule has 1 unspecified atom stereocenters. The van der Waals surface area contributed by atoms with Crippen LogP contribution in [0.5, 0.6) is 0 Å². The van der Waals surface area contributed by atoms with Crippen molar-refractivity contribution in [1.29, 1.82) is 0 Å². The number of fused-ring (bicyclic) bond motifs is 1. The van der Waals surface area contributed by atoms with Gasteiger partial charge < -0.3 is 10.4 Å². The van der Waals surface area contributed by atoms with Crippen molar-refractivity contribution >= 4 is 16.9 Å². The predicted molar refractivity (Wildman–Crippen MR) is 71.7 cm³/mol. The number of aromatic amines is 1. The van der Waals surface area contributed by atoms with E-state index in [1.54, 1.807) is 18.2 Å². The SMILES string of the molecule is CC(C)C(CCO)NC(=O)c1ccc2n[nH]nc2c1. The minimum atomic E-state index is -0.156. The Hall–Kier alpha value is -1.95. The molecule has 1 aromatic carbocycles. The van der Waals surface area contributed by atoms with Gasteiger partial charge in [-0.1, -0.05) is 13.8 Å². The minimum absolute atomic E-state index is 0.0366. The monoisotopic (exact) mass is 262 g/mol. The molecule has 0 fully saturated rings. The van der Waals surface area contributed by atoms with Crippen LogP contribution in [0.2, 0.25) is 0 Å². The van der Waals surface area contributed by atoms with Crippen LogP contribution in [0, 0.1) is 5.92 Å². The number of amides is 1. The molecule has 0 bridgehead atoms. The summed E-state index contributed by atoms with van der Waals surface area (Å²) in [5, 5.41) is 22.4. The summed E-state index contributed by atoms with van der Waals surface area (Å²) in [6.07, 6.45) is 0.551. The van der Waals surface area contributed by atoms with Crippen molar-refractivity contribution in [2.45, 2.75) is 26.3 Å². The van der Waals surface area contributed by atoms with Gasteiger partial charge in [-0.05, 0) is 30.5 Å². The van der Waals surface area contributed by atoms with Gasteiger partial charge in [-0.25, -0.2) is 0 Å². The van der Waals surface area contributed by atoms with Gasteiger partial charge in [0.05, 0.1) is 0 Å². The number of carbonyl (C=O) groups is 1. The second-order valence-electron chi connectivity index (χ2n) is 4.86. The van der Waals surface area contributed by atoms with Gasteiger partial charge in [0, 0.05) is 18.2 Å². The van der Waals surface area contributed by atoms with E-state index in [9.17, 15) is 4.79 Å². The van der Waals surface area contributed by atoms with E-state index in [1.807, 2.05) is 13.8 Å². The zero-order valence-electron chi connectivity index (χ0n) is 11.1. The lowest BCUT2D eigenvalue weighted by molar-refractivity contribution is 0.0916. The Balaban J connectivity index is 2.13. The third-order valence-corrected chi connectivity index (χ3v) is 3.14. The Labute approximate surface area is 111 Å². The average Bonchev–Trinajstić information content (AvgIpc) is 2.85. The van der Waals surface area contributed by atoms with Crippen molar-refractivity contribution in [1.82, 2.24) is 20.7 Å². The lowest BCUT2D eigenvalue weighted by Gasteiger charge is -2.21. The van der Waals surface area contributed by atoms with E-state index in [-0.39, 0.29) is 24.5 Å². The molecule has 2 rings (SSSR count). The number of aliphatic hydroxyl groups excluding tert-OH is 1. The van der Waals surface area contributed by atoms with Crippen molar-refractivity contribution in [2.75, 3.05) is 6.61 Å². The van der Waals surface area contributed by atoms with Crippen molar-refractivity contribution in [3.05, 3.63) is 23.8 Å². The highest BCUT2D eigenvalue weighted by molar-refractivity contribution is 5.97. The Morgan fingerprint density at radius 2 is 2.11 bits per heavy atom. The molecular formula is C13H18N4O2. The largest absolute Gasteiger partial charge is 0.396 e. The maximum atomic E-state index is 12.1. The molecule has 1 heterocycles. The lowest BCUT2D eigenvalue weighted by Crippen LogP contribution is -2.39. The average molecular weight is 262 g/mol. The normalized spacial score (nSPS) is 12.8. The molecule has 1 amide bonds. The van der Waals surface area contributed by atoms with Crippen LogP contribution in [-0.2, 0) is 0 Å². The number of hydrogen-bond acceptors (Lipinski definition) is 4. The molecule has 0 spiro atoms. The summed E-state index contributed by atoms with van der Waals surface area (Å²) < 4.78 is 0. The van der Waals surface area contributed by atoms with Gasteiger partial charge >= 0.3 is 0 Å². The van der Waals surface area contributed by atoms with E-state index >= 15 is 0 Å². The van der Waals surface area contributed by atoms with Gasteiger partial charge in [0.2, 0.25) is 0 Å². The summed E-state index contributed by atoms with van der Waals surface area (Å²) in [5.74, 6) is 0.115. The molecule has 0 aliphatic heterocycles. The fraction of sp³-hybridized carbons (Fsp3) is 0.462. The van der Waals surface area contributed by atoms with Crippen LogP contribution in [0.15, 0.2) is 18.2 Å².